The van der Waals surface area contributed by atoms with Gasteiger partial charge in [-0.3, -0.25) is 14.7 Å². The molecule has 2 aromatic heterocycles. The minimum atomic E-state index is -2.40. The van der Waals surface area contributed by atoms with Gasteiger partial charge in [0.2, 0.25) is 0 Å². The highest BCUT2D eigenvalue weighted by atomic mass is 16.6. The molecule has 1 fully saturated rings. The average Bonchev–Trinajstić information content (AvgIpc) is 3.30. The maximum atomic E-state index is 13.2. The molecule has 0 aliphatic carbocycles. The molecule has 0 radical (unpaired) electrons. The van der Waals surface area contributed by atoms with E-state index in [2.05, 4.69) is 15.0 Å². The fraction of sp³-hybridized carbons (Fsp3) is 0.294. The van der Waals surface area contributed by atoms with Gasteiger partial charge in [-0.25, -0.2) is 19.7 Å². The van der Waals surface area contributed by atoms with Gasteiger partial charge in [-0.05, 0) is 12.1 Å². The molecule has 3 heterocycles. The van der Waals surface area contributed by atoms with Gasteiger partial charge < -0.3 is 30.5 Å². The van der Waals surface area contributed by atoms with Crippen LogP contribution in [0.4, 0.5) is 11.5 Å². The first-order valence-electron chi connectivity index (χ1n) is 8.85. The standard InChI is InChI=1S/C17H16N6O8/c18-14-11-15(20-6-19-14)22(7-21-11)17(13(26)12(25)10(5-24)31-17)16(27)30-9-3-1-8(2-4-9)23(28)29/h1-4,6-7,10,12-13,24-26H,5H2,(H2,18,19,20)/t10-,12-,13-,17+/m1/s1. The molecule has 31 heavy (non-hydrogen) atoms. The second-order valence-electron chi connectivity index (χ2n) is 6.66. The summed E-state index contributed by atoms with van der Waals surface area (Å²) in [5.41, 5.74) is 3.25. The Bertz CT molecular complexity index is 1150. The van der Waals surface area contributed by atoms with E-state index in [0.717, 1.165) is 29.4 Å². The number of fused-ring (bicyclic) bond motifs is 1. The predicted octanol–water partition coefficient (Wildman–Crippen LogP) is -1.31. The molecular weight excluding hydrogens is 416 g/mol. The zero-order valence-corrected chi connectivity index (χ0v) is 15.6. The Hall–Kier alpha value is -3.72. The molecule has 0 spiro atoms. The van der Waals surface area contributed by atoms with Gasteiger partial charge in [0, 0.05) is 12.1 Å². The number of ether oxygens (including phenoxy) is 2. The number of esters is 1. The summed E-state index contributed by atoms with van der Waals surface area (Å²) in [7, 11) is 0. The van der Waals surface area contributed by atoms with Crippen LogP contribution in [0.3, 0.4) is 0 Å². The average molecular weight is 432 g/mol. The normalized spacial score (nSPS) is 25.6. The Morgan fingerprint density at radius 1 is 1.29 bits per heavy atom. The minimum Gasteiger partial charge on any atom is -0.423 e. The topological polar surface area (TPSA) is 209 Å². The SMILES string of the molecule is Nc1ncnc2c1ncn2[C@]1(C(=O)Oc2ccc([N+](=O)[O-])cc2)O[C@H](CO)[C@@H](O)[C@H]1O. The van der Waals surface area contributed by atoms with Crippen LogP contribution < -0.4 is 10.5 Å². The Labute approximate surface area is 172 Å². The number of non-ortho nitro benzene ring substituents is 1. The highest BCUT2D eigenvalue weighted by molar-refractivity contribution is 5.86. The third-order valence-corrected chi connectivity index (χ3v) is 4.89. The van der Waals surface area contributed by atoms with E-state index in [1.54, 1.807) is 0 Å². The Balaban J connectivity index is 1.80. The van der Waals surface area contributed by atoms with Crippen molar-refractivity contribution < 1.29 is 34.5 Å². The van der Waals surface area contributed by atoms with Crippen molar-refractivity contribution in [3.63, 3.8) is 0 Å². The molecule has 1 aliphatic rings. The number of nitrogens with zero attached hydrogens (tertiary/aromatic N) is 5. The first-order chi connectivity index (χ1) is 14.8. The number of carbonyl (C=O) groups excluding carboxylic acids is 1. The molecule has 1 saturated heterocycles. The number of rotatable bonds is 5. The summed E-state index contributed by atoms with van der Waals surface area (Å²) >= 11 is 0. The van der Waals surface area contributed by atoms with E-state index in [9.17, 15) is 30.2 Å². The molecule has 0 bridgehead atoms. The van der Waals surface area contributed by atoms with E-state index in [1.165, 1.54) is 12.1 Å². The molecule has 1 aliphatic heterocycles. The minimum absolute atomic E-state index is 0.00186. The Morgan fingerprint density at radius 3 is 2.61 bits per heavy atom. The van der Waals surface area contributed by atoms with Gasteiger partial charge in [0.1, 0.15) is 42.2 Å². The van der Waals surface area contributed by atoms with Gasteiger partial charge in [0.15, 0.2) is 11.5 Å². The first kappa shape index (κ1) is 20.5. The van der Waals surface area contributed by atoms with Crippen molar-refractivity contribution in [2.45, 2.75) is 24.0 Å². The number of nitro groups is 1. The van der Waals surface area contributed by atoms with Crippen molar-refractivity contribution in [3.05, 3.63) is 47.0 Å². The Morgan fingerprint density at radius 2 is 2.00 bits per heavy atom. The number of nitrogen functional groups attached to an aromatic ring is 1. The van der Waals surface area contributed by atoms with Crippen molar-refractivity contribution in [2.75, 3.05) is 12.3 Å². The van der Waals surface area contributed by atoms with Crippen LogP contribution in [0.25, 0.3) is 11.2 Å². The number of aromatic nitrogens is 4. The molecule has 0 saturated carbocycles. The quantitative estimate of drug-likeness (QED) is 0.160. The molecule has 14 nitrogen and oxygen atoms in total. The molecule has 1 aromatic carbocycles. The molecule has 14 heteroatoms. The van der Waals surface area contributed by atoms with Crippen LogP contribution in [-0.4, -0.2) is 70.7 Å². The summed E-state index contributed by atoms with van der Waals surface area (Å²) in [4.78, 5) is 35.3. The number of nitro benzene ring substituents is 1. The number of anilines is 1. The van der Waals surface area contributed by atoms with Gasteiger partial charge in [-0.2, -0.15) is 0 Å². The molecule has 5 N–H and O–H groups in total. The zero-order chi connectivity index (χ0) is 22.3. The molecule has 3 aromatic rings. The molecule has 0 amide bonds. The van der Waals surface area contributed by atoms with Crippen LogP contribution in [-0.2, 0) is 15.3 Å². The van der Waals surface area contributed by atoms with Crippen molar-refractivity contribution >= 4 is 28.6 Å². The highest BCUT2D eigenvalue weighted by Gasteiger charge is 2.62. The maximum absolute atomic E-state index is 13.2. The predicted molar refractivity (Wildman–Crippen MR) is 100 cm³/mol. The third-order valence-electron chi connectivity index (χ3n) is 4.89. The van der Waals surface area contributed by atoms with E-state index >= 15 is 0 Å². The van der Waals surface area contributed by atoms with Gasteiger partial charge >= 0.3 is 5.97 Å². The summed E-state index contributed by atoms with van der Waals surface area (Å²) in [5, 5.41) is 41.4. The fourth-order valence-corrected chi connectivity index (χ4v) is 3.33. The van der Waals surface area contributed by atoms with Crippen molar-refractivity contribution in [3.8, 4) is 5.75 Å². The number of imidazole rings is 1. The number of carbonyl (C=O) groups is 1. The van der Waals surface area contributed by atoms with Crippen LogP contribution in [0.5, 0.6) is 5.75 Å². The zero-order valence-electron chi connectivity index (χ0n) is 15.6. The monoisotopic (exact) mass is 432 g/mol. The smallest absolute Gasteiger partial charge is 0.368 e. The lowest BCUT2D eigenvalue weighted by atomic mass is 10.0. The molecule has 162 valence electrons. The van der Waals surface area contributed by atoms with Crippen LogP contribution >= 0.6 is 0 Å². The second kappa shape index (κ2) is 7.51. The summed E-state index contributed by atoms with van der Waals surface area (Å²) in [5.74, 6) is -1.29. The van der Waals surface area contributed by atoms with Crippen LogP contribution in [0, 0.1) is 10.1 Å². The largest absolute Gasteiger partial charge is 0.423 e. The number of hydrogen-bond donors (Lipinski definition) is 4. The fourth-order valence-electron chi connectivity index (χ4n) is 3.33. The summed E-state index contributed by atoms with van der Waals surface area (Å²) in [6.45, 7) is -0.714. The molecule has 4 rings (SSSR count). The van der Waals surface area contributed by atoms with E-state index in [1.807, 2.05) is 0 Å². The van der Waals surface area contributed by atoms with Gasteiger partial charge in [-0.1, -0.05) is 0 Å². The number of benzene rings is 1. The molecular formula is C17H16N6O8. The van der Waals surface area contributed by atoms with E-state index in [4.69, 9.17) is 15.2 Å². The van der Waals surface area contributed by atoms with Crippen LogP contribution in [0.1, 0.15) is 0 Å². The van der Waals surface area contributed by atoms with Crippen LogP contribution in [0.15, 0.2) is 36.9 Å². The van der Waals surface area contributed by atoms with Crippen molar-refractivity contribution in [1.82, 2.24) is 19.5 Å². The van der Waals surface area contributed by atoms with Gasteiger partial charge in [-0.15, -0.1) is 0 Å². The van der Waals surface area contributed by atoms with Crippen molar-refractivity contribution in [1.29, 1.82) is 0 Å². The van der Waals surface area contributed by atoms with Crippen molar-refractivity contribution in [2.24, 2.45) is 0 Å². The summed E-state index contributed by atoms with van der Waals surface area (Å²) < 4.78 is 11.9. The molecule has 0 unspecified atom stereocenters. The van der Waals surface area contributed by atoms with E-state index in [0.29, 0.717) is 0 Å². The number of aliphatic hydroxyl groups is 3. The van der Waals surface area contributed by atoms with E-state index < -0.39 is 41.5 Å². The van der Waals surface area contributed by atoms with Gasteiger partial charge in [0.05, 0.1) is 11.5 Å². The lowest BCUT2D eigenvalue weighted by molar-refractivity contribution is -0.384. The highest BCUT2D eigenvalue weighted by Crippen LogP contribution is 2.39. The second-order valence-corrected chi connectivity index (χ2v) is 6.66. The number of nitrogens with two attached hydrogens (primary N) is 1. The number of aliphatic hydroxyl groups excluding tert-OH is 3. The van der Waals surface area contributed by atoms with E-state index in [-0.39, 0.29) is 28.4 Å². The summed E-state index contributed by atoms with van der Waals surface area (Å²) in [6, 6.07) is 4.59. The summed E-state index contributed by atoms with van der Waals surface area (Å²) in [6.07, 6.45) is -2.69. The number of hydrogen-bond acceptors (Lipinski definition) is 12. The Kier molecular flexibility index (Phi) is 4.98. The van der Waals surface area contributed by atoms with Gasteiger partial charge in [0.25, 0.3) is 11.4 Å². The van der Waals surface area contributed by atoms with Crippen LogP contribution in [0.2, 0.25) is 0 Å². The maximum Gasteiger partial charge on any atom is 0.368 e. The lowest BCUT2D eigenvalue weighted by Crippen LogP contribution is -2.53. The first-order valence-corrected chi connectivity index (χ1v) is 8.85. The molecule has 4 atom stereocenters. The third kappa shape index (κ3) is 3.14. The lowest BCUT2D eigenvalue weighted by Gasteiger charge is -2.30.